The monoisotopic (exact) mass is 388 g/mol. The molecule has 0 aliphatic heterocycles. The lowest BCUT2D eigenvalue weighted by molar-refractivity contribution is -0.139. The van der Waals surface area contributed by atoms with E-state index in [1.807, 2.05) is 0 Å². The fourth-order valence-corrected chi connectivity index (χ4v) is 2.28. The first kappa shape index (κ1) is 18.8. The van der Waals surface area contributed by atoms with Gasteiger partial charge in [0.15, 0.2) is 11.7 Å². The number of aromatic nitrogens is 1. The van der Waals surface area contributed by atoms with Gasteiger partial charge in [0.1, 0.15) is 17.0 Å². The molecule has 0 unspecified atom stereocenters. The molecule has 1 amide bonds. The van der Waals surface area contributed by atoms with Gasteiger partial charge < -0.3 is 13.9 Å². The molecule has 0 bridgehead atoms. The van der Waals surface area contributed by atoms with E-state index < -0.39 is 12.0 Å². The van der Waals surface area contributed by atoms with Gasteiger partial charge in [0, 0.05) is 11.1 Å². The average Bonchev–Trinajstić information content (AvgIpc) is 3.04. The molecule has 7 nitrogen and oxygen atoms in total. The lowest BCUT2D eigenvalue weighted by Gasteiger charge is -2.14. The highest BCUT2D eigenvalue weighted by atomic mass is 35.5. The van der Waals surface area contributed by atoms with Crippen molar-refractivity contribution < 1.29 is 23.5 Å². The van der Waals surface area contributed by atoms with E-state index in [1.165, 1.54) is 6.08 Å². The predicted molar refractivity (Wildman–Crippen MR) is 99.9 cm³/mol. The molecule has 3 aromatic rings. The number of hydrogen-bond donors (Lipinski definition) is 1. The van der Waals surface area contributed by atoms with Crippen LogP contribution in [0.1, 0.15) is 6.92 Å². The van der Waals surface area contributed by atoms with Crippen LogP contribution in [0, 0.1) is 0 Å². The lowest BCUT2D eigenvalue weighted by atomic mass is 10.3. The maximum absolute atomic E-state index is 11.8. The normalized spacial score (nSPS) is 11.8. The Bertz CT molecular complexity index is 939. The zero-order chi connectivity index (χ0) is 19.2. The van der Waals surface area contributed by atoms with Gasteiger partial charge in [-0.25, -0.2) is 5.48 Å². The molecule has 2 aromatic carbocycles. The van der Waals surface area contributed by atoms with Crippen LogP contribution in [0.15, 0.2) is 59.5 Å². The molecule has 1 heterocycles. The molecule has 0 radical (unpaired) electrons. The minimum absolute atomic E-state index is 0.105. The summed E-state index contributed by atoms with van der Waals surface area (Å²) in [5.74, 6) is 0.604. The summed E-state index contributed by atoms with van der Waals surface area (Å²) >= 11 is 5.92. The Morgan fingerprint density at radius 2 is 2.04 bits per heavy atom. The number of nitrogens with zero attached hydrogens (tertiary/aromatic N) is 1. The number of fused-ring (bicyclic) bond motifs is 1. The van der Waals surface area contributed by atoms with E-state index in [2.05, 4.69) is 17.0 Å². The number of halogens is 1. The first-order valence-corrected chi connectivity index (χ1v) is 8.46. The van der Waals surface area contributed by atoms with Crippen LogP contribution in [0.25, 0.3) is 11.1 Å². The van der Waals surface area contributed by atoms with Crippen LogP contribution in [0.3, 0.4) is 0 Å². The van der Waals surface area contributed by atoms with Crippen molar-refractivity contribution in [3.63, 3.8) is 0 Å². The SMILES string of the molecule is C=CCONC(=O)[C@@H](C)Oc1ccc(Oc2nc3ccc(Cl)cc3o2)cc1. The summed E-state index contributed by atoms with van der Waals surface area (Å²) in [6.45, 7) is 5.31. The van der Waals surface area contributed by atoms with Crippen molar-refractivity contribution in [1.29, 1.82) is 0 Å². The highest BCUT2D eigenvalue weighted by molar-refractivity contribution is 6.31. The Balaban J connectivity index is 1.59. The first-order chi connectivity index (χ1) is 13.0. The first-order valence-electron chi connectivity index (χ1n) is 8.08. The van der Waals surface area contributed by atoms with Crippen LogP contribution in [0.2, 0.25) is 5.02 Å². The molecule has 3 rings (SSSR count). The number of benzene rings is 2. The van der Waals surface area contributed by atoms with Gasteiger partial charge in [0.25, 0.3) is 5.91 Å². The summed E-state index contributed by atoms with van der Waals surface area (Å²) in [6, 6.07) is 11.8. The van der Waals surface area contributed by atoms with Gasteiger partial charge in [-0.2, -0.15) is 4.98 Å². The van der Waals surface area contributed by atoms with Crippen molar-refractivity contribution in [2.24, 2.45) is 0 Å². The molecule has 0 saturated carbocycles. The summed E-state index contributed by atoms with van der Waals surface area (Å²) in [7, 11) is 0. The molecule has 0 saturated heterocycles. The number of hydrogen-bond acceptors (Lipinski definition) is 6. The van der Waals surface area contributed by atoms with E-state index in [0.29, 0.717) is 27.6 Å². The number of carbonyl (C=O) groups excluding carboxylic acids is 1. The van der Waals surface area contributed by atoms with Crippen LogP contribution in [-0.4, -0.2) is 23.6 Å². The Hall–Kier alpha value is -3.03. The van der Waals surface area contributed by atoms with Crippen molar-refractivity contribution >= 4 is 28.6 Å². The van der Waals surface area contributed by atoms with Gasteiger partial charge in [-0.15, -0.1) is 6.58 Å². The zero-order valence-corrected chi connectivity index (χ0v) is 15.2. The number of amides is 1. The third-order valence-corrected chi connectivity index (χ3v) is 3.65. The lowest BCUT2D eigenvalue weighted by Crippen LogP contribution is -2.36. The highest BCUT2D eigenvalue weighted by Gasteiger charge is 2.15. The predicted octanol–water partition coefficient (Wildman–Crippen LogP) is 4.27. The molecule has 0 aliphatic carbocycles. The van der Waals surface area contributed by atoms with E-state index in [1.54, 1.807) is 49.4 Å². The molecule has 1 N–H and O–H groups in total. The van der Waals surface area contributed by atoms with E-state index in [0.717, 1.165) is 0 Å². The highest BCUT2D eigenvalue weighted by Crippen LogP contribution is 2.28. The Labute approximate surface area is 160 Å². The Kier molecular flexibility index (Phi) is 5.95. The summed E-state index contributed by atoms with van der Waals surface area (Å²) in [4.78, 5) is 20.9. The maximum atomic E-state index is 11.8. The van der Waals surface area contributed by atoms with Gasteiger partial charge >= 0.3 is 6.08 Å². The number of ether oxygens (including phenoxy) is 2. The van der Waals surface area contributed by atoms with Crippen molar-refractivity contribution in [3.05, 3.63) is 60.1 Å². The zero-order valence-electron chi connectivity index (χ0n) is 14.5. The van der Waals surface area contributed by atoms with Gasteiger partial charge in [0.05, 0.1) is 6.61 Å². The Morgan fingerprint density at radius 3 is 2.78 bits per heavy atom. The number of oxazole rings is 1. The van der Waals surface area contributed by atoms with Crippen LogP contribution < -0.4 is 15.0 Å². The fraction of sp³-hybridized carbons (Fsp3) is 0.158. The molecule has 1 atom stereocenters. The van der Waals surface area contributed by atoms with Gasteiger partial charge in [-0.3, -0.25) is 9.63 Å². The number of nitrogens with one attached hydrogen (secondary N) is 1. The minimum atomic E-state index is -0.733. The summed E-state index contributed by atoms with van der Waals surface area (Å²) < 4.78 is 16.6. The second-order valence-corrected chi connectivity index (χ2v) is 5.93. The second kappa shape index (κ2) is 8.57. The molecule has 27 heavy (non-hydrogen) atoms. The second-order valence-electron chi connectivity index (χ2n) is 5.49. The van der Waals surface area contributed by atoms with Crippen molar-refractivity contribution in [2.45, 2.75) is 13.0 Å². The summed E-state index contributed by atoms with van der Waals surface area (Å²) in [5.41, 5.74) is 3.46. The van der Waals surface area contributed by atoms with Crippen LogP contribution in [0.5, 0.6) is 17.6 Å². The third kappa shape index (κ3) is 4.99. The van der Waals surface area contributed by atoms with Crippen LogP contribution in [-0.2, 0) is 9.63 Å². The van der Waals surface area contributed by atoms with Crippen LogP contribution >= 0.6 is 11.6 Å². The summed E-state index contributed by atoms with van der Waals surface area (Å²) in [5, 5.41) is 0.555. The molecule has 0 spiro atoms. The number of rotatable bonds is 8. The van der Waals surface area contributed by atoms with Gasteiger partial charge in [-0.1, -0.05) is 17.7 Å². The maximum Gasteiger partial charge on any atom is 0.400 e. The average molecular weight is 389 g/mol. The number of hydroxylamine groups is 1. The van der Waals surface area contributed by atoms with Crippen molar-refractivity contribution in [2.75, 3.05) is 6.61 Å². The van der Waals surface area contributed by atoms with E-state index in [-0.39, 0.29) is 12.7 Å². The van der Waals surface area contributed by atoms with Crippen molar-refractivity contribution in [3.8, 4) is 17.6 Å². The standard InChI is InChI=1S/C19H17ClN2O5/c1-3-10-24-22-18(23)12(2)25-14-5-7-15(8-6-14)26-19-21-16-9-4-13(20)11-17(16)27-19/h3-9,11-12H,1,10H2,2H3,(H,22,23)/t12-/m1/s1. The fourth-order valence-electron chi connectivity index (χ4n) is 2.12. The molecule has 0 fully saturated rings. The van der Waals surface area contributed by atoms with Crippen LogP contribution in [0.4, 0.5) is 0 Å². The van der Waals surface area contributed by atoms with Crippen molar-refractivity contribution in [1.82, 2.24) is 10.5 Å². The minimum Gasteiger partial charge on any atom is -0.481 e. The smallest absolute Gasteiger partial charge is 0.400 e. The quantitative estimate of drug-likeness (QED) is 0.352. The van der Waals surface area contributed by atoms with E-state index in [9.17, 15) is 4.79 Å². The summed E-state index contributed by atoms with van der Waals surface area (Å²) in [6.07, 6.45) is 0.895. The molecule has 8 heteroatoms. The largest absolute Gasteiger partial charge is 0.481 e. The third-order valence-electron chi connectivity index (χ3n) is 3.42. The molecular weight excluding hydrogens is 372 g/mol. The Morgan fingerprint density at radius 1 is 1.30 bits per heavy atom. The van der Waals surface area contributed by atoms with Gasteiger partial charge in [-0.05, 0) is 43.3 Å². The molecule has 0 aliphatic rings. The van der Waals surface area contributed by atoms with Gasteiger partial charge in [0.2, 0.25) is 0 Å². The van der Waals surface area contributed by atoms with E-state index >= 15 is 0 Å². The topological polar surface area (TPSA) is 82.8 Å². The molecule has 1 aromatic heterocycles. The molecular formula is C19H17ClN2O5. The van der Waals surface area contributed by atoms with E-state index in [4.69, 9.17) is 30.3 Å². The molecule has 140 valence electrons. The number of carbonyl (C=O) groups is 1.